The van der Waals surface area contributed by atoms with E-state index in [-0.39, 0.29) is 61.5 Å². The van der Waals surface area contributed by atoms with Crippen LogP contribution in [-0.4, -0.2) is 105 Å². The Bertz CT molecular complexity index is 844. The number of nitrogens with zero attached hydrogens (tertiary/aromatic N) is 2. The van der Waals surface area contributed by atoms with Gasteiger partial charge < -0.3 is 35.2 Å². The summed E-state index contributed by atoms with van der Waals surface area (Å²) in [6.07, 6.45) is 0.935. The second kappa shape index (κ2) is 20.9. The average Bonchev–Trinajstić information content (AvgIpc) is 2.89. The number of rotatable bonds is 15. The predicted octanol–water partition coefficient (Wildman–Crippen LogP) is 2.94. The van der Waals surface area contributed by atoms with Crippen LogP contribution in [0.25, 0.3) is 0 Å². The predicted molar refractivity (Wildman–Crippen MR) is 165 cm³/mol. The van der Waals surface area contributed by atoms with Crippen LogP contribution in [-0.2, 0) is 28.7 Å². The summed E-state index contributed by atoms with van der Waals surface area (Å²) in [5.74, 6) is -1.54. The minimum Gasteiger partial charge on any atom is -0.444 e. The molecule has 4 atom stereocenters. The largest absolute Gasteiger partial charge is 0.444 e. The quantitative estimate of drug-likeness (QED) is 0.262. The first-order valence-corrected chi connectivity index (χ1v) is 14.9. The lowest BCUT2D eigenvalue weighted by Gasteiger charge is -2.38. The maximum absolute atomic E-state index is 13.1. The summed E-state index contributed by atoms with van der Waals surface area (Å²) in [7, 11) is 6.21. The van der Waals surface area contributed by atoms with Gasteiger partial charge in [0.05, 0.1) is 25.1 Å². The van der Waals surface area contributed by atoms with E-state index in [1.165, 1.54) is 30.4 Å². The zero-order valence-corrected chi connectivity index (χ0v) is 28.4. The molecule has 0 bridgehead atoms. The van der Waals surface area contributed by atoms with Gasteiger partial charge in [0.25, 0.3) is 0 Å². The van der Waals surface area contributed by atoms with Crippen LogP contribution in [0.3, 0.4) is 0 Å². The minimum atomic E-state index is -0.817. The van der Waals surface area contributed by atoms with E-state index < -0.39 is 29.7 Å². The van der Waals surface area contributed by atoms with E-state index in [4.69, 9.17) is 9.47 Å². The number of carbonyl (C=O) groups excluding carboxylic acids is 5. The molecule has 246 valence electrons. The van der Waals surface area contributed by atoms with Crippen molar-refractivity contribution in [1.29, 1.82) is 0 Å². The van der Waals surface area contributed by atoms with Crippen LogP contribution < -0.4 is 16.0 Å². The highest BCUT2D eigenvalue weighted by Gasteiger charge is 2.35. The number of carbonyl (C=O) groups is 5. The van der Waals surface area contributed by atoms with E-state index in [2.05, 4.69) is 29.8 Å². The number of amides is 5. The van der Waals surface area contributed by atoms with Crippen molar-refractivity contribution in [1.82, 2.24) is 25.8 Å². The van der Waals surface area contributed by atoms with Crippen LogP contribution in [0, 0.1) is 11.8 Å². The van der Waals surface area contributed by atoms with Crippen molar-refractivity contribution >= 4 is 29.7 Å². The lowest BCUT2D eigenvalue weighted by Crippen LogP contribution is -2.55. The number of alkyl carbamates (subject to hydrolysis) is 1. The topological polar surface area (TPSA) is 146 Å². The van der Waals surface area contributed by atoms with Crippen LogP contribution in [0.2, 0.25) is 0 Å². The number of hydrogen-bond donors (Lipinski definition) is 3. The Morgan fingerprint density at radius 2 is 1.43 bits per heavy atom. The minimum absolute atomic E-state index is 0.0196. The van der Waals surface area contributed by atoms with Gasteiger partial charge in [-0.15, -0.1) is 0 Å². The number of nitrogens with one attached hydrogen (secondary N) is 3. The number of ether oxygens (including phenoxy) is 2. The Labute approximate surface area is 254 Å². The van der Waals surface area contributed by atoms with Gasteiger partial charge in [0, 0.05) is 41.2 Å². The molecular weight excluding hydrogens is 542 g/mol. The molecule has 0 saturated carbocycles. The SMILES string of the molecule is CCC.CC[C@H](C)C(C(CC(=O)NC)OC)N(C)C(=O)CNC(=O)C(C(C)C)N(C)C(=O)CCNC(=O)OC(C)(C)C. The molecule has 0 aliphatic carbocycles. The molecular formula is C30H59N5O7. The monoisotopic (exact) mass is 601 g/mol. The molecule has 0 spiro atoms. The van der Waals surface area contributed by atoms with Gasteiger partial charge in [-0.2, -0.15) is 0 Å². The van der Waals surface area contributed by atoms with E-state index in [9.17, 15) is 24.0 Å². The molecule has 3 unspecified atom stereocenters. The highest BCUT2D eigenvalue weighted by molar-refractivity contribution is 5.91. The summed E-state index contributed by atoms with van der Waals surface area (Å²) in [4.78, 5) is 65.6. The van der Waals surface area contributed by atoms with Gasteiger partial charge >= 0.3 is 6.09 Å². The van der Waals surface area contributed by atoms with Crippen molar-refractivity contribution in [2.75, 3.05) is 41.3 Å². The maximum atomic E-state index is 13.1. The summed E-state index contributed by atoms with van der Waals surface area (Å²) < 4.78 is 10.7. The maximum Gasteiger partial charge on any atom is 0.407 e. The summed E-state index contributed by atoms with van der Waals surface area (Å²) in [5, 5.41) is 7.78. The van der Waals surface area contributed by atoms with Gasteiger partial charge in [-0.25, -0.2) is 4.79 Å². The highest BCUT2D eigenvalue weighted by atomic mass is 16.6. The van der Waals surface area contributed by atoms with Crippen molar-refractivity contribution < 1.29 is 33.4 Å². The van der Waals surface area contributed by atoms with Crippen molar-refractivity contribution in [2.24, 2.45) is 11.8 Å². The fourth-order valence-electron chi connectivity index (χ4n) is 4.27. The Morgan fingerprint density at radius 3 is 1.86 bits per heavy atom. The summed E-state index contributed by atoms with van der Waals surface area (Å²) >= 11 is 0. The standard InChI is InChI=1S/C27H51N5O7.C3H8/c1-12-18(4)24(19(38-11)15-20(33)28-8)32(10)22(35)16-30-25(36)23(17(2)3)31(9)21(34)13-14-29-26(37)39-27(5,6)7;1-3-2/h17-19,23-24H,12-16H2,1-11H3,(H,28,33)(H,29,37)(H,30,36);3H2,1-2H3/t18-,19?,23?,24?;/m0./s1. The number of hydrogen-bond acceptors (Lipinski definition) is 7. The fraction of sp³-hybridized carbons (Fsp3) is 0.833. The van der Waals surface area contributed by atoms with E-state index in [0.29, 0.717) is 0 Å². The second-order valence-electron chi connectivity index (χ2n) is 11.8. The van der Waals surface area contributed by atoms with Crippen molar-refractivity contribution in [2.45, 2.75) is 112 Å². The number of likely N-dealkylation sites (N-methyl/N-ethyl adjacent to an activating group) is 2. The van der Waals surface area contributed by atoms with E-state index in [0.717, 1.165) is 6.42 Å². The van der Waals surface area contributed by atoms with Gasteiger partial charge in [0.1, 0.15) is 11.6 Å². The molecule has 0 aromatic carbocycles. The molecule has 5 amide bonds. The molecule has 0 heterocycles. The molecule has 3 N–H and O–H groups in total. The van der Waals surface area contributed by atoms with E-state index >= 15 is 0 Å². The van der Waals surface area contributed by atoms with Crippen LogP contribution >= 0.6 is 0 Å². The van der Waals surface area contributed by atoms with Crippen LogP contribution in [0.15, 0.2) is 0 Å². The van der Waals surface area contributed by atoms with Crippen molar-refractivity contribution in [3.8, 4) is 0 Å². The molecule has 42 heavy (non-hydrogen) atoms. The van der Waals surface area contributed by atoms with E-state index in [1.54, 1.807) is 34.9 Å². The molecule has 0 radical (unpaired) electrons. The van der Waals surface area contributed by atoms with Crippen molar-refractivity contribution in [3.63, 3.8) is 0 Å². The second-order valence-corrected chi connectivity index (χ2v) is 11.8. The van der Waals surface area contributed by atoms with Gasteiger partial charge in [0.2, 0.25) is 23.6 Å². The van der Waals surface area contributed by atoms with Gasteiger partial charge in [-0.1, -0.05) is 54.4 Å². The highest BCUT2D eigenvalue weighted by Crippen LogP contribution is 2.21. The first kappa shape index (κ1) is 41.2. The zero-order valence-electron chi connectivity index (χ0n) is 28.4. The molecule has 0 rings (SSSR count). The molecule has 0 aromatic rings. The third kappa shape index (κ3) is 15.9. The van der Waals surface area contributed by atoms with Gasteiger partial charge in [0.15, 0.2) is 0 Å². The molecule has 0 aromatic heterocycles. The molecule has 0 saturated heterocycles. The van der Waals surface area contributed by atoms with E-state index in [1.807, 2.05) is 27.7 Å². The van der Waals surface area contributed by atoms with Crippen LogP contribution in [0.5, 0.6) is 0 Å². The zero-order chi connectivity index (χ0) is 33.2. The fourth-order valence-corrected chi connectivity index (χ4v) is 4.27. The summed E-state index contributed by atoms with van der Waals surface area (Å²) in [6.45, 7) is 16.8. The molecule has 12 nitrogen and oxygen atoms in total. The lowest BCUT2D eigenvalue weighted by atomic mass is 9.91. The van der Waals surface area contributed by atoms with Crippen LogP contribution in [0.1, 0.15) is 88.0 Å². The third-order valence-corrected chi connectivity index (χ3v) is 6.55. The average molecular weight is 602 g/mol. The van der Waals surface area contributed by atoms with Crippen molar-refractivity contribution in [3.05, 3.63) is 0 Å². The molecule has 0 aliphatic heterocycles. The molecule has 0 aliphatic rings. The van der Waals surface area contributed by atoms with Gasteiger partial charge in [-0.3, -0.25) is 19.2 Å². The summed E-state index contributed by atoms with van der Waals surface area (Å²) in [5.41, 5.74) is -0.652. The Morgan fingerprint density at radius 1 is 0.881 bits per heavy atom. The van der Waals surface area contributed by atoms with Crippen LogP contribution in [0.4, 0.5) is 4.79 Å². The third-order valence-electron chi connectivity index (χ3n) is 6.55. The van der Waals surface area contributed by atoms with Gasteiger partial charge in [-0.05, 0) is 32.6 Å². The first-order chi connectivity index (χ1) is 19.4. The Kier molecular flexibility index (Phi) is 20.5. The first-order valence-electron chi connectivity index (χ1n) is 14.9. The lowest BCUT2D eigenvalue weighted by molar-refractivity contribution is -0.143. The molecule has 12 heteroatoms. The molecule has 0 fully saturated rings. The normalized spacial score (nSPS) is 13.9. The number of methoxy groups -OCH3 is 1. The Hall–Kier alpha value is -2.89. The summed E-state index contributed by atoms with van der Waals surface area (Å²) in [6, 6.07) is -1.20. The smallest absolute Gasteiger partial charge is 0.407 e. The Balaban J connectivity index is 0.